The molecule has 0 fully saturated rings. The molecule has 2 aromatic rings. The average molecular weight is 441 g/mol. The monoisotopic (exact) mass is 441 g/mol. The second-order valence-corrected chi connectivity index (χ2v) is 6.37. The standard InChI is InChI=1S/C19H18F7NO3/c20-9-15(28)12-27(10-13-3-1-5-16(7-13)29-18(21,22)23)11-14-4-2-6-17(8-14)30-19(24,25)26/h1-8,15,28H,9-12H2. The molecule has 166 valence electrons. The fraction of sp³-hybridized carbons (Fsp3) is 0.368. The van der Waals surface area contributed by atoms with E-state index in [-0.39, 0.29) is 19.6 Å². The maximum absolute atomic E-state index is 12.8. The zero-order chi connectivity index (χ0) is 22.4. The first-order valence-electron chi connectivity index (χ1n) is 8.59. The molecule has 0 saturated carbocycles. The second-order valence-electron chi connectivity index (χ2n) is 6.37. The van der Waals surface area contributed by atoms with Gasteiger partial charge in [-0.25, -0.2) is 4.39 Å². The number of aliphatic hydroxyl groups excluding tert-OH is 1. The normalized spacial score (nSPS) is 13.4. The van der Waals surface area contributed by atoms with Crippen molar-refractivity contribution < 1.29 is 45.3 Å². The Morgan fingerprint density at radius 3 is 1.60 bits per heavy atom. The van der Waals surface area contributed by atoms with Gasteiger partial charge in [0.2, 0.25) is 0 Å². The van der Waals surface area contributed by atoms with Crippen molar-refractivity contribution in [3.05, 3.63) is 59.7 Å². The molecule has 1 unspecified atom stereocenters. The molecule has 1 N–H and O–H groups in total. The summed E-state index contributed by atoms with van der Waals surface area (Å²) in [6.07, 6.45) is -11.1. The Kier molecular flexibility index (Phi) is 7.90. The molecule has 0 bridgehead atoms. The second kappa shape index (κ2) is 9.98. The summed E-state index contributed by atoms with van der Waals surface area (Å²) in [6.45, 7) is -1.30. The van der Waals surface area contributed by atoms with E-state index in [9.17, 15) is 35.8 Å². The van der Waals surface area contributed by atoms with E-state index in [1.165, 1.54) is 29.2 Å². The van der Waals surface area contributed by atoms with Crippen LogP contribution in [0.25, 0.3) is 0 Å². The highest BCUT2D eigenvalue weighted by Crippen LogP contribution is 2.26. The van der Waals surface area contributed by atoms with Crippen molar-refractivity contribution in [3.63, 3.8) is 0 Å². The average Bonchev–Trinajstić information content (AvgIpc) is 2.59. The Labute approximate surface area is 167 Å². The first-order chi connectivity index (χ1) is 13.9. The summed E-state index contributed by atoms with van der Waals surface area (Å²) in [7, 11) is 0. The number of hydrogen-bond donors (Lipinski definition) is 1. The number of hydrogen-bond acceptors (Lipinski definition) is 4. The molecular weight excluding hydrogens is 423 g/mol. The summed E-state index contributed by atoms with van der Waals surface area (Å²) < 4.78 is 94.9. The molecule has 2 rings (SSSR count). The van der Waals surface area contributed by atoms with E-state index in [0.29, 0.717) is 11.1 Å². The minimum atomic E-state index is -4.87. The Bertz CT molecular complexity index is 750. The molecule has 0 aromatic heterocycles. The minimum Gasteiger partial charge on any atom is -0.406 e. The van der Waals surface area contributed by atoms with E-state index in [1.54, 1.807) is 0 Å². The Morgan fingerprint density at radius 1 is 0.800 bits per heavy atom. The molecule has 2 aromatic carbocycles. The molecule has 0 heterocycles. The first-order valence-corrected chi connectivity index (χ1v) is 8.59. The van der Waals surface area contributed by atoms with Crippen molar-refractivity contribution in [1.29, 1.82) is 0 Å². The highest BCUT2D eigenvalue weighted by atomic mass is 19.4. The van der Waals surface area contributed by atoms with Gasteiger partial charge >= 0.3 is 12.7 Å². The third-order valence-electron chi connectivity index (χ3n) is 3.72. The third kappa shape index (κ3) is 8.87. The molecule has 0 aliphatic rings. The Morgan fingerprint density at radius 2 is 1.23 bits per heavy atom. The largest absolute Gasteiger partial charge is 0.573 e. The lowest BCUT2D eigenvalue weighted by Gasteiger charge is -2.25. The van der Waals surface area contributed by atoms with Crippen molar-refractivity contribution in [2.45, 2.75) is 31.9 Å². The molecule has 0 aliphatic heterocycles. The quantitative estimate of drug-likeness (QED) is 0.567. The SMILES string of the molecule is OC(CF)CN(Cc1cccc(OC(F)(F)F)c1)Cc1cccc(OC(F)(F)F)c1. The zero-order valence-electron chi connectivity index (χ0n) is 15.4. The van der Waals surface area contributed by atoms with Crippen molar-refractivity contribution >= 4 is 0 Å². The van der Waals surface area contributed by atoms with Crippen molar-refractivity contribution in [1.82, 2.24) is 4.90 Å². The van der Waals surface area contributed by atoms with Gasteiger partial charge in [0.05, 0.1) is 6.10 Å². The first kappa shape index (κ1) is 23.7. The van der Waals surface area contributed by atoms with E-state index >= 15 is 0 Å². The summed E-state index contributed by atoms with van der Waals surface area (Å²) in [5, 5.41) is 9.64. The van der Waals surface area contributed by atoms with Gasteiger partial charge in [0, 0.05) is 19.6 Å². The highest BCUT2D eigenvalue weighted by Gasteiger charge is 2.32. The molecule has 30 heavy (non-hydrogen) atoms. The van der Waals surface area contributed by atoms with Crippen LogP contribution >= 0.6 is 0 Å². The van der Waals surface area contributed by atoms with Crippen LogP contribution in [-0.2, 0) is 13.1 Å². The predicted molar refractivity (Wildman–Crippen MR) is 92.3 cm³/mol. The van der Waals surface area contributed by atoms with Crippen molar-refractivity contribution in [2.24, 2.45) is 0 Å². The summed E-state index contributed by atoms with van der Waals surface area (Å²) in [5.74, 6) is -0.905. The van der Waals surface area contributed by atoms with Gasteiger partial charge in [0.25, 0.3) is 0 Å². The van der Waals surface area contributed by atoms with Crippen LogP contribution in [0.15, 0.2) is 48.5 Å². The molecule has 4 nitrogen and oxygen atoms in total. The summed E-state index contributed by atoms with van der Waals surface area (Å²) in [4.78, 5) is 1.48. The molecule has 11 heteroatoms. The number of rotatable bonds is 9. The Hall–Kier alpha value is -2.53. The molecule has 1 atom stereocenters. The van der Waals surface area contributed by atoms with Crippen LogP contribution in [0.4, 0.5) is 30.7 Å². The van der Waals surface area contributed by atoms with Crippen LogP contribution in [0.3, 0.4) is 0 Å². The summed E-state index contributed by atoms with van der Waals surface area (Å²) in [6, 6.07) is 10.1. The topological polar surface area (TPSA) is 41.9 Å². The van der Waals surface area contributed by atoms with Gasteiger partial charge in [-0.2, -0.15) is 0 Å². The van der Waals surface area contributed by atoms with Gasteiger partial charge in [-0.15, -0.1) is 26.3 Å². The lowest BCUT2D eigenvalue weighted by Crippen LogP contribution is -2.32. The van der Waals surface area contributed by atoms with E-state index in [0.717, 1.165) is 24.3 Å². The molecule has 0 amide bonds. The van der Waals surface area contributed by atoms with Gasteiger partial charge in [0.1, 0.15) is 18.2 Å². The molecule has 0 saturated heterocycles. The van der Waals surface area contributed by atoms with Crippen LogP contribution in [0.2, 0.25) is 0 Å². The fourth-order valence-electron chi connectivity index (χ4n) is 2.73. The van der Waals surface area contributed by atoms with Crippen LogP contribution in [0, 0.1) is 0 Å². The number of ether oxygens (including phenoxy) is 2. The smallest absolute Gasteiger partial charge is 0.406 e. The van der Waals surface area contributed by atoms with Crippen molar-refractivity contribution in [3.8, 4) is 11.5 Å². The van der Waals surface area contributed by atoms with E-state index in [1.807, 2.05) is 0 Å². The highest BCUT2D eigenvalue weighted by molar-refractivity contribution is 5.30. The molecule has 0 aliphatic carbocycles. The van der Waals surface area contributed by atoms with Crippen LogP contribution in [-0.4, -0.2) is 42.1 Å². The summed E-state index contributed by atoms with van der Waals surface area (Å²) >= 11 is 0. The van der Waals surface area contributed by atoms with Crippen molar-refractivity contribution in [2.75, 3.05) is 13.2 Å². The lowest BCUT2D eigenvalue weighted by molar-refractivity contribution is -0.275. The van der Waals surface area contributed by atoms with E-state index in [4.69, 9.17) is 0 Å². The minimum absolute atomic E-state index is 0.0174. The number of nitrogens with zero attached hydrogens (tertiary/aromatic N) is 1. The lowest BCUT2D eigenvalue weighted by atomic mass is 10.1. The van der Waals surface area contributed by atoms with Crippen LogP contribution < -0.4 is 9.47 Å². The molecule has 0 spiro atoms. The number of aliphatic hydroxyl groups is 1. The predicted octanol–water partition coefficient (Wildman–Crippen LogP) is 4.82. The number of benzene rings is 2. The Balaban J connectivity index is 2.17. The maximum atomic E-state index is 12.8. The molecule has 0 radical (unpaired) electrons. The van der Waals surface area contributed by atoms with Crippen LogP contribution in [0.5, 0.6) is 11.5 Å². The van der Waals surface area contributed by atoms with Gasteiger partial charge in [-0.1, -0.05) is 24.3 Å². The van der Waals surface area contributed by atoms with Crippen LogP contribution in [0.1, 0.15) is 11.1 Å². The maximum Gasteiger partial charge on any atom is 0.573 e. The van der Waals surface area contributed by atoms with Gasteiger partial charge < -0.3 is 14.6 Å². The molecular formula is C19H18F7NO3. The number of alkyl halides is 7. The zero-order valence-corrected chi connectivity index (χ0v) is 15.4. The fourth-order valence-corrected chi connectivity index (χ4v) is 2.73. The van der Waals surface area contributed by atoms with E-state index < -0.39 is 37.0 Å². The van der Waals surface area contributed by atoms with Gasteiger partial charge in [0.15, 0.2) is 0 Å². The van der Waals surface area contributed by atoms with Gasteiger partial charge in [-0.3, -0.25) is 4.90 Å². The number of halogens is 7. The third-order valence-corrected chi connectivity index (χ3v) is 3.72. The summed E-state index contributed by atoms with van der Waals surface area (Å²) in [5.41, 5.74) is 0.732. The van der Waals surface area contributed by atoms with E-state index in [2.05, 4.69) is 9.47 Å². The van der Waals surface area contributed by atoms with Gasteiger partial charge in [-0.05, 0) is 35.4 Å².